The number of hydrogen-bond acceptors (Lipinski definition) is 3. The molecule has 2 heterocycles. The third kappa shape index (κ3) is 3.36. The molecule has 0 atom stereocenters. The Morgan fingerprint density at radius 3 is 2.83 bits per heavy atom. The van der Waals surface area contributed by atoms with Crippen molar-refractivity contribution in [1.29, 1.82) is 0 Å². The van der Waals surface area contributed by atoms with Gasteiger partial charge in [-0.2, -0.15) is 5.10 Å². The largest absolute Gasteiger partial charge is 0.463 e. The molecule has 6 heteroatoms. The quantitative estimate of drug-likeness (QED) is 0.678. The second kappa shape index (κ2) is 7.36. The molecule has 0 aliphatic carbocycles. The van der Waals surface area contributed by atoms with Crippen molar-refractivity contribution < 1.29 is 9.21 Å². The van der Waals surface area contributed by atoms with Crippen molar-refractivity contribution in [2.75, 3.05) is 6.54 Å². The number of halogens is 1. The fraction of sp³-hybridized carbons (Fsp3) is 0.222. The van der Waals surface area contributed by atoms with E-state index in [0.717, 1.165) is 12.8 Å². The number of benzene rings is 1. The monoisotopic (exact) mass is 343 g/mol. The van der Waals surface area contributed by atoms with E-state index in [1.165, 1.54) is 0 Å². The van der Waals surface area contributed by atoms with E-state index < -0.39 is 0 Å². The molecule has 0 aliphatic heterocycles. The van der Waals surface area contributed by atoms with E-state index in [0.29, 0.717) is 34.4 Å². The fourth-order valence-corrected chi connectivity index (χ4v) is 2.58. The predicted octanol–water partition coefficient (Wildman–Crippen LogP) is 4.32. The number of nitrogens with zero attached hydrogens (tertiary/aromatic N) is 2. The summed E-state index contributed by atoms with van der Waals surface area (Å²) in [7, 11) is 0. The molecule has 0 unspecified atom stereocenters. The van der Waals surface area contributed by atoms with Crippen molar-refractivity contribution in [3.63, 3.8) is 0 Å². The van der Waals surface area contributed by atoms with Gasteiger partial charge in [-0.3, -0.25) is 4.79 Å². The lowest BCUT2D eigenvalue weighted by Crippen LogP contribution is -2.26. The van der Waals surface area contributed by atoms with E-state index in [1.807, 2.05) is 18.2 Å². The summed E-state index contributed by atoms with van der Waals surface area (Å²) in [6, 6.07) is 12.6. The summed E-state index contributed by atoms with van der Waals surface area (Å²) in [5.41, 5.74) is 1.66. The molecule has 0 spiro atoms. The molecule has 0 saturated carbocycles. The average molecular weight is 344 g/mol. The first-order valence-electron chi connectivity index (χ1n) is 7.87. The minimum Gasteiger partial charge on any atom is -0.463 e. The van der Waals surface area contributed by atoms with Crippen LogP contribution in [0.15, 0.2) is 53.1 Å². The smallest absolute Gasteiger partial charge is 0.270 e. The number of rotatable bonds is 6. The molecule has 3 aromatic rings. The van der Waals surface area contributed by atoms with Gasteiger partial charge in [-0.15, -0.1) is 0 Å². The molecule has 1 N–H and O–H groups in total. The van der Waals surface area contributed by atoms with Crippen LogP contribution in [0.3, 0.4) is 0 Å². The van der Waals surface area contributed by atoms with Crippen LogP contribution in [0.2, 0.25) is 5.02 Å². The second-order valence-corrected chi connectivity index (χ2v) is 5.77. The van der Waals surface area contributed by atoms with Crippen molar-refractivity contribution in [3.05, 3.63) is 59.4 Å². The van der Waals surface area contributed by atoms with Crippen LogP contribution in [-0.4, -0.2) is 22.2 Å². The Hall–Kier alpha value is -2.53. The number of carbonyl (C=O) groups excluding carboxylic acids is 1. The molecule has 2 aromatic heterocycles. The molecule has 0 bridgehead atoms. The summed E-state index contributed by atoms with van der Waals surface area (Å²) in [6.07, 6.45) is 3.52. The van der Waals surface area contributed by atoms with Crippen LogP contribution in [0.1, 0.15) is 30.3 Å². The van der Waals surface area contributed by atoms with Gasteiger partial charge in [0.15, 0.2) is 5.76 Å². The van der Waals surface area contributed by atoms with Crippen LogP contribution in [0.25, 0.3) is 17.1 Å². The topological polar surface area (TPSA) is 60.1 Å². The lowest BCUT2D eigenvalue weighted by atomic mass is 10.2. The Morgan fingerprint density at radius 2 is 2.12 bits per heavy atom. The molecule has 0 aliphatic rings. The summed E-state index contributed by atoms with van der Waals surface area (Å²) in [4.78, 5) is 12.6. The predicted molar refractivity (Wildman–Crippen MR) is 93.5 cm³/mol. The molecule has 3 rings (SSSR count). The van der Waals surface area contributed by atoms with Gasteiger partial charge in [0.05, 0.1) is 17.0 Å². The molecule has 0 fully saturated rings. The van der Waals surface area contributed by atoms with Gasteiger partial charge >= 0.3 is 0 Å². The third-order valence-electron chi connectivity index (χ3n) is 3.61. The van der Waals surface area contributed by atoms with Gasteiger partial charge in [0.25, 0.3) is 5.91 Å². The molecule has 5 nitrogen and oxygen atoms in total. The van der Waals surface area contributed by atoms with Crippen LogP contribution in [0, 0.1) is 0 Å². The minimum absolute atomic E-state index is 0.186. The van der Waals surface area contributed by atoms with Gasteiger partial charge in [0, 0.05) is 12.6 Å². The van der Waals surface area contributed by atoms with E-state index in [2.05, 4.69) is 17.3 Å². The van der Waals surface area contributed by atoms with E-state index in [4.69, 9.17) is 16.0 Å². The zero-order valence-corrected chi connectivity index (χ0v) is 14.1. The number of furan rings is 1. The first kappa shape index (κ1) is 16.3. The summed E-state index contributed by atoms with van der Waals surface area (Å²) < 4.78 is 6.95. The van der Waals surface area contributed by atoms with Gasteiger partial charge < -0.3 is 9.73 Å². The number of nitrogens with one attached hydrogen (secondary N) is 1. The number of unbranched alkanes of at least 4 members (excludes halogenated alkanes) is 1. The van der Waals surface area contributed by atoms with Crippen LogP contribution in [0.5, 0.6) is 0 Å². The SMILES string of the molecule is CCCCNC(=O)c1cc(-c2ccco2)nn1-c1ccccc1Cl. The molecule has 1 amide bonds. The lowest BCUT2D eigenvalue weighted by Gasteiger charge is -2.09. The molecule has 124 valence electrons. The fourth-order valence-electron chi connectivity index (χ4n) is 2.36. The minimum atomic E-state index is -0.186. The van der Waals surface area contributed by atoms with Gasteiger partial charge in [0.2, 0.25) is 0 Å². The highest BCUT2D eigenvalue weighted by atomic mass is 35.5. The van der Waals surface area contributed by atoms with Gasteiger partial charge in [-0.1, -0.05) is 37.1 Å². The number of carbonyl (C=O) groups is 1. The first-order valence-corrected chi connectivity index (χ1v) is 8.25. The molecular weight excluding hydrogens is 326 g/mol. The molecule has 0 radical (unpaired) electrons. The van der Waals surface area contributed by atoms with Gasteiger partial charge in [-0.05, 0) is 30.7 Å². The maximum Gasteiger partial charge on any atom is 0.270 e. The Bertz CT molecular complexity index is 825. The first-order chi connectivity index (χ1) is 11.7. The third-order valence-corrected chi connectivity index (χ3v) is 3.93. The summed E-state index contributed by atoms with van der Waals surface area (Å²) in [5, 5.41) is 7.95. The highest BCUT2D eigenvalue weighted by molar-refractivity contribution is 6.32. The normalized spacial score (nSPS) is 10.8. The Morgan fingerprint density at radius 1 is 1.29 bits per heavy atom. The van der Waals surface area contributed by atoms with Crippen LogP contribution >= 0.6 is 11.6 Å². The zero-order chi connectivity index (χ0) is 16.9. The van der Waals surface area contributed by atoms with E-state index >= 15 is 0 Å². The van der Waals surface area contributed by atoms with Crippen LogP contribution < -0.4 is 5.32 Å². The Kier molecular flexibility index (Phi) is 5.01. The summed E-state index contributed by atoms with van der Waals surface area (Å²) >= 11 is 6.28. The molecule has 1 aromatic carbocycles. The average Bonchev–Trinajstić information content (AvgIpc) is 3.25. The maximum atomic E-state index is 12.6. The van der Waals surface area contributed by atoms with E-state index in [9.17, 15) is 4.79 Å². The van der Waals surface area contributed by atoms with Crippen molar-refractivity contribution in [2.24, 2.45) is 0 Å². The molecular formula is C18H18ClN3O2. The standard InChI is InChI=1S/C18H18ClN3O2/c1-2-3-10-20-18(23)16-12-14(17-9-6-11-24-17)21-22(16)15-8-5-4-7-13(15)19/h4-9,11-12H,2-3,10H2,1H3,(H,20,23). The summed E-state index contributed by atoms with van der Waals surface area (Å²) in [6.45, 7) is 2.70. The number of amides is 1. The highest BCUT2D eigenvalue weighted by Crippen LogP contribution is 2.25. The van der Waals surface area contributed by atoms with Crippen molar-refractivity contribution >= 4 is 17.5 Å². The Labute approximate surface area is 145 Å². The second-order valence-electron chi connectivity index (χ2n) is 5.36. The zero-order valence-electron chi connectivity index (χ0n) is 13.3. The van der Waals surface area contributed by atoms with Crippen molar-refractivity contribution in [3.8, 4) is 17.1 Å². The number of para-hydroxylation sites is 1. The van der Waals surface area contributed by atoms with Crippen LogP contribution in [-0.2, 0) is 0 Å². The highest BCUT2D eigenvalue weighted by Gasteiger charge is 2.19. The van der Waals surface area contributed by atoms with Gasteiger partial charge in [-0.25, -0.2) is 4.68 Å². The van der Waals surface area contributed by atoms with Crippen molar-refractivity contribution in [2.45, 2.75) is 19.8 Å². The number of hydrogen-bond donors (Lipinski definition) is 1. The Balaban J connectivity index is 2.02. The van der Waals surface area contributed by atoms with E-state index in [-0.39, 0.29) is 5.91 Å². The summed E-state index contributed by atoms with van der Waals surface area (Å²) in [5.74, 6) is 0.414. The maximum absolute atomic E-state index is 12.6. The lowest BCUT2D eigenvalue weighted by molar-refractivity contribution is 0.0945. The number of aromatic nitrogens is 2. The van der Waals surface area contributed by atoms with E-state index in [1.54, 1.807) is 35.2 Å². The van der Waals surface area contributed by atoms with Gasteiger partial charge in [0.1, 0.15) is 11.4 Å². The molecule has 0 saturated heterocycles. The van der Waals surface area contributed by atoms with Crippen molar-refractivity contribution in [1.82, 2.24) is 15.1 Å². The van der Waals surface area contributed by atoms with Crippen LogP contribution in [0.4, 0.5) is 0 Å². The molecule has 24 heavy (non-hydrogen) atoms.